The van der Waals surface area contributed by atoms with E-state index in [-0.39, 0.29) is 10.5 Å². The Kier molecular flexibility index (Phi) is 7.04. The van der Waals surface area contributed by atoms with Crippen LogP contribution in [0, 0.1) is 0 Å². The Morgan fingerprint density at radius 2 is 1.53 bits per heavy atom. The van der Waals surface area contributed by atoms with Crippen molar-refractivity contribution < 1.29 is 14.3 Å². The van der Waals surface area contributed by atoms with Crippen molar-refractivity contribution in [1.29, 1.82) is 0 Å². The molecule has 172 valence electrons. The van der Waals surface area contributed by atoms with E-state index in [1.807, 2.05) is 18.2 Å². The first-order valence-electron chi connectivity index (χ1n) is 11.8. The highest BCUT2D eigenvalue weighted by atomic mass is 28.4. The molecular weight excluding hydrogens is 412 g/mol. The van der Waals surface area contributed by atoms with Crippen LogP contribution in [0.3, 0.4) is 0 Å². The molecule has 1 saturated carbocycles. The first-order chi connectivity index (χ1) is 14.9. The summed E-state index contributed by atoms with van der Waals surface area (Å²) in [5, 5.41) is 9.24. The van der Waals surface area contributed by atoms with Gasteiger partial charge in [0.05, 0.1) is 5.56 Å². The fourth-order valence-corrected chi connectivity index (χ4v) is 5.20. The van der Waals surface area contributed by atoms with E-state index in [9.17, 15) is 4.79 Å². The smallest absolute Gasteiger partial charge is 0.335 e. The second-order valence-corrected chi connectivity index (χ2v) is 15.7. The van der Waals surface area contributed by atoms with Gasteiger partial charge in [-0.1, -0.05) is 77.3 Å². The standard InChI is InChI=1S/C28H38O3Si/c1-27(2,3)32(5,6)31-25-17-14-22(20-24(25)28(4)18-8-7-9-19-28)11-10-21-12-15-23(16-13-21)26(29)30/h10-17,20H,7-9,18-19H2,1-6H3,(H,29,30). The summed E-state index contributed by atoms with van der Waals surface area (Å²) in [6.45, 7) is 13.9. The molecule has 0 amide bonds. The minimum absolute atomic E-state index is 0.142. The summed E-state index contributed by atoms with van der Waals surface area (Å²) in [7, 11) is -1.94. The molecule has 1 aliphatic carbocycles. The van der Waals surface area contributed by atoms with Gasteiger partial charge in [0.25, 0.3) is 0 Å². The van der Waals surface area contributed by atoms with Crippen molar-refractivity contribution in [2.45, 2.75) is 83.3 Å². The van der Waals surface area contributed by atoms with Crippen molar-refractivity contribution in [2.75, 3.05) is 0 Å². The molecule has 0 spiro atoms. The monoisotopic (exact) mass is 450 g/mol. The van der Waals surface area contributed by atoms with Crippen LogP contribution >= 0.6 is 0 Å². The van der Waals surface area contributed by atoms with Crippen molar-refractivity contribution >= 4 is 26.4 Å². The molecule has 2 aromatic rings. The number of carboxylic acid groups (broad SMARTS) is 1. The Balaban J connectivity index is 1.95. The summed E-state index contributed by atoms with van der Waals surface area (Å²) >= 11 is 0. The molecule has 0 unspecified atom stereocenters. The maximum absolute atomic E-state index is 11.1. The number of aromatic carboxylic acids is 1. The molecule has 0 aromatic heterocycles. The van der Waals surface area contributed by atoms with Gasteiger partial charge in [0.2, 0.25) is 8.32 Å². The second-order valence-electron chi connectivity index (χ2n) is 11.0. The molecule has 3 nitrogen and oxygen atoms in total. The molecule has 0 radical (unpaired) electrons. The third-order valence-electron chi connectivity index (χ3n) is 7.41. The lowest BCUT2D eigenvalue weighted by Gasteiger charge is -2.40. The summed E-state index contributed by atoms with van der Waals surface area (Å²) < 4.78 is 6.83. The van der Waals surface area contributed by atoms with Crippen LogP contribution in [0.2, 0.25) is 18.1 Å². The Morgan fingerprint density at radius 3 is 2.09 bits per heavy atom. The summed E-state index contributed by atoms with van der Waals surface area (Å²) in [5.74, 6) is 0.159. The molecule has 0 aliphatic heterocycles. The summed E-state index contributed by atoms with van der Waals surface area (Å²) in [6.07, 6.45) is 10.4. The molecule has 1 N–H and O–H groups in total. The first kappa shape index (κ1) is 24.3. The molecule has 3 rings (SSSR count). The van der Waals surface area contributed by atoms with Gasteiger partial charge >= 0.3 is 5.97 Å². The number of carbonyl (C=O) groups is 1. The van der Waals surface area contributed by atoms with Gasteiger partial charge in [0.1, 0.15) is 5.75 Å². The van der Waals surface area contributed by atoms with E-state index in [0.717, 1.165) is 16.9 Å². The fraction of sp³-hybridized carbons (Fsp3) is 0.464. The Morgan fingerprint density at radius 1 is 0.969 bits per heavy atom. The number of hydrogen-bond donors (Lipinski definition) is 1. The molecule has 0 atom stereocenters. The third kappa shape index (κ3) is 5.53. The van der Waals surface area contributed by atoms with Crippen LogP contribution in [-0.2, 0) is 5.41 Å². The van der Waals surface area contributed by atoms with Crippen molar-refractivity contribution in [3.63, 3.8) is 0 Å². The van der Waals surface area contributed by atoms with E-state index in [1.165, 1.54) is 37.7 Å². The molecule has 0 heterocycles. The number of carboxylic acids is 1. The maximum Gasteiger partial charge on any atom is 0.335 e. The zero-order valence-corrected chi connectivity index (χ0v) is 21.5. The number of hydrogen-bond acceptors (Lipinski definition) is 2. The van der Waals surface area contributed by atoms with Gasteiger partial charge in [-0.3, -0.25) is 0 Å². The average molecular weight is 451 g/mol. The van der Waals surface area contributed by atoms with Gasteiger partial charge in [-0.25, -0.2) is 4.79 Å². The zero-order chi connectivity index (χ0) is 23.6. The van der Waals surface area contributed by atoms with Crippen molar-refractivity contribution in [2.24, 2.45) is 0 Å². The minimum atomic E-state index is -1.94. The van der Waals surface area contributed by atoms with Gasteiger partial charge in [0.15, 0.2) is 0 Å². The highest BCUT2D eigenvalue weighted by Crippen LogP contribution is 2.46. The predicted octanol–water partition coefficient (Wildman–Crippen LogP) is 8.16. The molecule has 2 aromatic carbocycles. The van der Waals surface area contributed by atoms with Gasteiger partial charge < -0.3 is 9.53 Å². The lowest BCUT2D eigenvalue weighted by atomic mass is 9.70. The predicted molar refractivity (Wildman–Crippen MR) is 137 cm³/mol. The second kappa shape index (κ2) is 9.26. The Labute approximate surface area is 194 Å². The molecule has 1 aliphatic rings. The van der Waals surface area contributed by atoms with Gasteiger partial charge in [-0.2, -0.15) is 0 Å². The van der Waals surface area contributed by atoms with E-state index in [2.05, 4.69) is 65.1 Å². The largest absolute Gasteiger partial charge is 0.543 e. The maximum atomic E-state index is 11.1. The average Bonchev–Trinajstić information content (AvgIpc) is 2.72. The molecule has 4 heteroatoms. The van der Waals surface area contributed by atoms with Gasteiger partial charge in [0, 0.05) is 0 Å². The number of rotatable bonds is 6. The van der Waals surface area contributed by atoms with Crippen molar-refractivity contribution in [3.05, 3.63) is 64.7 Å². The van der Waals surface area contributed by atoms with Crippen molar-refractivity contribution in [3.8, 4) is 5.75 Å². The zero-order valence-electron chi connectivity index (χ0n) is 20.5. The van der Waals surface area contributed by atoms with E-state index in [4.69, 9.17) is 9.53 Å². The molecule has 0 saturated heterocycles. The Hall–Kier alpha value is -2.33. The van der Waals surface area contributed by atoms with Gasteiger partial charge in [-0.05, 0) is 77.3 Å². The topological polar surface area (TPSA) is 46.5 Å². The van der Waals surface area contributed by atoms with Crippen LogP contribution in [0.4, 0.5) is 0 Å². The van der Waals surface area contributed by atoms with Crippen LogP contribution in [0.15, 0.2) is 42.5 Å². The highest BCUT2D eigenvalue weighted by molar-refractivity contribution is 6.74. The van der Waals surface area contributed by atoms with E-state index >= 15 is 0 Å². The molecule has 1 fully saturated rings. The fourth-order valence-electron chi connectivity index (χ4n) is 4.17. The number of benzene rings is 2. The molecule has 0 bridgehead atoms. The quantitative estimate of drug-likeness (QED) is 0.357. The van der Waals surface area contributed by atoms with Crippen LogP contribution in [0.1, 0.15) is 86.8 Å². The van der Waals surface area contributed by atoms with Gasteiger partial charge in [-0.15, -0.1) is 0 Å². The van der Waals surface area contributed by atoms with E-state index < -0.39 is 14.3 Å². The lowest BCUT2D eigenvalue weighted by Crippen LogP contribution is -2.44. The SMILES string of the molecule is CC1(c2cc(C=Cc3ccc(C(=O)O)cc3)ccc2O[Si](C)(C)C(C)(C)C)CCCCC1. The normalized spacial score (nSPS) is 16.8. The summed E-state index contributed by atoms with van der Waals surface area (Å²) in [4.78, 5) is 11.1. The lowest BCUT2D eigenvalue weighted by molar-refractivity contribution is 0.0697. The van der Waals surface area contributed by atoms with Crippen molar-refractivity contribution in [1.82, 2.24) is 0 Å². The van der Waals surface area contributed by atoms with Crippen LogP contribution in [-0.4, -0.2) is 19.4 Å². The molecule has 32 heavy (non-hydrogen) atoms. The third-order valence-corrected chi connectivity index (χ3v) is 11.8. The summed E-state index contributed by atoms with van der Waals surface area (Å²) in [5.41, 5.74) is 3.93. The molecular formula is C28H38O3Si. The van der Waals surface area contributed by atoms with Crippen LogP contribution in [0.5, 0.6) is 5.75 Å². The van der Waals surface area contributed by atoms with Crippen LogP contribution < -0.4 is 4.43 Å². The van der Waals surface area contributed by atoms with Crippen LogP contribution in [0.25, 0.3) is 12.2 Å². The first-order valence-corrected chi connectivity index (χ1v) is 14.7. The van der Waals surface area contributed by atoms with E-state index in [1.54, 1.807) is 12.1 Å². The Bertz CT molecular complexity index is 975. The minimum Gasteiger partial charge on any atom is -0.543 e. The van der Waals surface area contributed by atoms with E-state index in [0.29, 0.717) is 5.56 Å². The highest BCUT2D eigenvalue weighted by Gasteiger charge is 2.40. The summed E-state index contributed by atoms with van der Waals surface area (Å²) in [6, 6.07) is 13.6.